The Hall–Kier alpha value is -2.30. The van der Waals surface area contributed by atoms with Crippen molar-refractivity contribution in [1.29, 1.82) is 0 Å². The summed E-state index contributed by atoms with van der Waals surface area (Å²) in [6.45, 7) is 1.79. The van der Waals surface area contributed by atoms with Gasteiger partial charge < -0.3 is 4.42 Å². The lowest BCUT2D eigenvalue weighted by atomic mass is 10.3. The van der Waals surface area contributed by atoms with E-state index < -0.39 is 0 Å². The molecule has 0 aliphatic rings. The molecule has 0 fully saturated rings. The van der Waals surface area contributed by atoms with Crippen LogP contribution in [0.3, 0.4) is 0 Å². The number of nitrogens with one attached hydrogen (secondary N) is 1. The summed E-state index contributed by atoms with van der Waals surface area (Å²) in [5.41, 5.74) is 1.91. The topological polar surface area (TPSA) is 63.3 Å². The van der Waals surface area contributed by atoms with Gasteiger partial charge in [0, 0.05) is 17.8 Å². The van der Waals surface area contributed by atoms with Crippen LogP contribution < -0.4 is 5.56 Å². The zero-order valence-electron chi connectivity index (χ0n) is 8.60. The number of furan rings is 1. The number of nitrogens with zero attached hydrogens (tertiary/aromatic N) is 2. The van der Waals surface area contributed by atoms with E-state index in [1.54, 1.807) is 25.3 Å². The molecule has 3 aromatic rings. The monoisotopic (exact) mass is 215 g/mol. The van der Waals surface area contributed by atoms with Crippen molar-refractivity contribution < 1.29 is 4.42 Å². The number of hydrogen-bond acceptors (Lipinski definition) is 3. The Morgan fingerprint density at radius 2 is 2.31 bits per heavy atom. The molecule has 0 saturated carbocycles. The van der Waals surface area contributed by atoms with Crippen molar-refractivity contribution in [3.05, 3.63) is 46.6 Å². The van der Waals surface area contributed by atoms with Crippen LogP contribution in [0.15, 0.2) is 39.7 Å². The first-order valence-electron chi connectivity index (χ1n) is 4.87. The minimum Gasteiger partial charge on any atom is -0.463 e. The number of aromatic amines is 1. The normalized spacial score (nSPS) is 11.1. The van der Waals surface area contributed by atoms with Crippen molar-refractivity contribution in [3.63, 3.8) is 0 Å². The van der Waals surface area contributed by atoms with Crippen molar-refractivity contribution in [3.8, 4) is 11.5 Å². The van der Waals surface area contributed by atoms with Gasteiger partial charge in [-0.2, -0.15) is 0 Å². The van der Waals surface area contributed by atoms with Crippen molar-refractivity contribution in [2.45, 2.75) is 6.92 Å². The zero-order valence-corrected chi connectivity index (χ0v) is 8.60. The van der Waals surface area contributed by atoms with Gasteiger partial charge in [0.15, 0.2) is 11.4 Å². The van der Waals surface area contributed by atoms with Crippen LogP contribution in [0.1, 0.15) is 5.69 Å². The molecule has 0 atom stereocenters. The van der Waals surface area contributed by atoms with Gasteiger partial charge in [0.2, 0.25) is 0 Å². The van der Waals surface area contributed by atoms with Crippen LogP contribution in [0.2, 0.25) is 0 Å². The van der Waals surface area contributed by atoms with Gasteiger partial charge >= 0.3 is 0 Å². The highest BCUT2D eigenvalue weighted by Crippen LogP contribution is 2.18. The summed E-state index contributed by atoms with van der Waals surface area (Å²) in [4.78, 5) is 15.9. The highest BCUT2D eigenvalue weighted by atomic mass is 16.3. The number of fused-ring (bicyclic) bond motifs is 1. The van der Waals surface area contributed by atoms with E-state index in [1.807, 2.05) is 6.07 Å². The molecule has 5 nitrogen and oxygen atoms in total. The van der Waals surface area contributed by atoms with E-state index in [1.165, 1.54) is 10.6 Å². The van der Waals surface area contributed by atoms with E-state index in [9.17, 15) is 4.79 Å². The summed E-state index contributed by atoms with van der Waals surface area (Å²) >= 11 is 0. The molecule has 5 heteroatoms. The first-order chi connectivity index (χ1) is 7.74. The Kier molecular flexibility index (Phi) is 1.73. The molecule has 16 heavy (non-hydrogen) atoms. The van der Waals surface area contributed by atoms with Crippen molar-refractivity contribution in [1.82, 2.24) is 14.6 Å². The summed E-state index contributed by atoms with van der Waals surface area (Å²) in [6, 6.07) is 6.88. The lowest BCUT2D eigenvalue weighted by Crippen LogP contribution is -2.14. The molecule has 0 aromatic carbocycles. The molecular weight excluding hydrogens is 206 g/mol. The molecular formula is C11H9N3O2. The van der Waals surface area contributed by atoms with E-state index in [0.717, 1.165) is 5.69 Å². The molecule has 3 heterocycles. The summed E-state index contributed by atoms with van der Waals surface area (Å²) in [5.74, 6) is 0.683. The van der Waals surface area contributed by atoms with E-state index in [2.05, 4.69) is 10.1 Å². The maximum absolute atomic E-state index is 11.6. The fourth-order valence-corrected chi connectivity index (χ4v) is 1.67. The maximum atomic E-state index is 11.6. The summed E-state index contributed by atoms with van der Waals surface area (Å²) in [5, 5.41) is 2.94. The minimum atomic E-state index is -0.125. The average Bonchev–Trinajstić information content (AvgIpc) is 2.82. The van der Waals surface area contributed by atoms with Crippen LogP contribution in [0.25, 0.3) is 17.1 Å². The largest absolute Gasteiger partial charge is 0.463 e. The molecule has 0 saturated heterocycles. The molecule has 80 valence electrons. The van der Waals surface area contributed by atoms with Gasteiger partial charge in [-0.1, -0.05) is 0 Å². The van der Waals surface area contributed by atoms with Crippen molar-refractivity contribution in [2.75, 3.05) is 0 Å². The fraction of sp³-hybridized carbons (Fsp3) is 0.0909. The van der Waals surface area contributed by atoms with E-state index in [-0.39, 0.29) is 5.56 Å². The number of hydrogen-bond donors (Lipinski definition) is 1. The van der Waals surface area contributed by atoms with Crippen molar-refractivity contribution >= 4 is 5.65 Å². The van der Waals surface area contributed by atoms with Gasteiger partial charge in [0.25, 0.3) is 5.56 Å². The van der Waals surface area contributed by atoms with Crippen LogP contribution >= 0.6 is 0 Å². The summed E-state index contributed by atoms with van der Waals surface area (Å²) in [7, 11) is 0. The van der Waals surface area contributed by atoms with Crippen LogP contribution in [-0.2, 0) is 0 Å². The van der Waals surface area contributed by atoms with E-state index in [0.29, 0.717) is 17.1 Å². The van der Waals surface area contributed by atoms with Crippen LogP contribution in [0.5, 0.6) is 0 Å². The van der Waals surface area contributed by atoms with Gasteiger partial charge in [0.1, 0.15) is 5.69 Å². The van der Waals surface area contributed by atoms with Crippen molar-refractivity contribution in [2.24, 2.45) is 0 Å². The average molecular weight is 215 g/mol. The maximum Gasteiger partial charge on any atom is 0.272 e. The SMILES string of the molecule is Cc1cc(=O)n2[nH]c(-c3ccco3)cc2n1. The molecule has 3 rings (SSSR count). The van der Waals surface area contributed by atoms with Gasteiger partial charge in [-0.3, -0.25) is 9.89 Å². The molecule has 0 amide bonds. The van der Waals surface area contributed by atoms with Crippen LogP contribution in [-0.4, -0.2) is 14.6 Å². The Balaban J connectivity index is 2.31. The van der Waals surface area contributed by atoms with E-state index in [4.69, 9.17) is 4.42 Å². The second-order valence-electron chi connectivity index (χ2n) is 3.58. The Morgan fingerprint density at radius 3 is 3.06 bits per heavy atom. The van der Waals surface area contributed by atoms with Gasteiger partial charge in [-0.15, -0.1) is 0 Å². The molecule has 0 unspecified atom stereocenters. The Morgan fingerprint density at radius 1 is 1.44 bits per heavy atom. The van der Waals surface area contributed by atoms with Gasteiger partial charge in [0.05, 0.1) is 6.26 Å². The van der Waals surface area contributed by atoms with Gasteiger partial charge in [-0.05, 0) is 19.1 Å². The molecule has 3 aromatic heterocycles. The Labute approximate surface area is 90.3 Å². The predicted octanol–water partition coefficient (Wildman–Crippen LogP) is 1.59. The quantitative estimate of drug-likeness (QED) is 0.670. The molecule has 0 radical (unpaired) electrons. The smallest absolute Gasteiger partial charge is 0.272 e. The summed E-state index contributed by atoms with van der Waals surface area (Å²) in [6.07, 6.45) is 1.59. The predicted molar refractivity (Wildman–Crippen MR) is 58.3 cm³/mol. The second kappa shape index (κ2) is 3.10. The molecule has 0 spiro atoms. The van der Waals surface area contributed by atoms with Gasteiger partial charge in [-0.25, -0.2) is 9.50 Å². The Bertz CT molecular complexity index is 692. The first-order valence-corrected chi connectivity index (χ1v) is 4.87. The molecule has 1 N–H and O–H groups in total. The number of aromatic nitrogens is 3. The second-order valence-corrected chi connectivity index (χ2v) is 3.58. The summed E-state index contributed by atoms with van der Waals surface area (Å²) < 4.78 is 6.64. The third kappa shape index (κ3) is 1.25. The fourth-order valence-electron chi connectivity index (χ4n) is 1.67. The lowest BCUT2D eigenvalue weighted by molar-refractivity contribution is 0.579. The first kappa shape index (κ1) is 8.96. The van der Waals surface area contributed by atoms with Crippen LogP contribution in [0, 0.1) is 6.92 Å². The molecule has 0 aliphatic heterocycles. The number of rotatable bonds is 1. The minimum absolute atomic E-state index is 0.125. The van der Waals surface area contributed by atoms with Crippen LogP contribution in [0.4, 0.5) is 0 Å². The number of aryl methyl sites for hydroxylation is 1. The molecule has 0 bridgehead atoms. The standard InChI is InChI=1S/C11H9N3O2/c1-7-5-11(15)14-10(12-7)6-8(13-14)9-3-2-4-16-9/h2-6,13H,1H3. The third-order valence-corrected chi connectivity index (χ3v) is 2.37. The highest BCUT2D eigenvalue weighted by molar-refractivity contribution is 5.58. The highest BCUT2D eigenvalue weighted by Gasteiger charge is 2.07. The number of H-pyrrole nitrogens is 1. The molecule has 0 aliphatic carbocycles. The van der Waals surface area contributed by atoms with E-state index >= 15 is 0 Å². The zero-order chi connectivity index (χ0) is 11.1. The third-order valence-electron chi connectivity index (χ3n) is 2.37. The lowest BCUT2D eigenvalue weighted by Gasteiger charge is -1.92.